The van der Waals surface area contributed by atoms with Gasteiger partial charge >= 0.3 is 0 Å². The lowest BCUT2D eigenvalue weighted by atomic mass is 9.99. The van der Waals surface area contributed by atoms with E-state index in [1.807, 2.05) is 7.05 Å². The molecule has 0 heterocycles. The SMILES string of the molecule is CNCc1ccc(F)cc1-c1cc(Cl)c(OC)cc1Cl. The summed E-state index contributed by atoms with van der Waals surface area (Å²) >= 11 is 12.4. The van der Waals surface area contributed by atoms with Gasteiger partial charge < -0.3 is 10.1 Å². The van der Waals surface area contributed by atoms with Crippen molar-refractivity contribution < 1.29 is 9.13 Å². The summed E-state index contributed by atoms with van der Waals surface area (Å²) in [5.74, 6) is 0.176. The van der Waals surface area contributed by atoms with E-state index in [4.69, 9.17) is 27.9 Å². The molecule has 0 saturated heterocycles. The standard InChI is InChI=1S/C15H14Cl2FNO/c1-19-8-9-3-4-10(18)5-11(9)12-6-14(17)15(20-2)7-13(12)16/h3-7,19H,8H2,1-2H3. The second-order valence-corrected chi connectivity index (χ2v) is 5.11. The molecule has 0 radical (unpaired) electrons. The summed E-state index contributed by atoms with van der Waals surface area (Å²) in [5.41, 5.74) is 2.34. The van der Waals surface area contributed by atoms with Gasteiger partial charge in [-0.2, -0.15) is 0 Å². The zero-order valence-electron chi connectivity index (χ0n) is 11.1. The molecule has 0 aliphatic rings. The van der Waals surface area contributed by atoms with Crippen LogP contribution < -0.4 is 10.1 Å². The molecule has 2 aromatic rings. The largest absolute Gasteiger partial charge is 0.495 e. The van der Waals surface area contributed by atoms with Crippen LogP contribution in [-0.4, -0.2) is 14.2 Å². The number of benzene rings is 2. The van der Waals surface area contributed by atoms with E-state index in [1.54, 1.807) is 18.2 Å². The third kappa shape index (κ3) is 3.06. The Balaban J connectivity index is 2.61. The summed E-state index contributed by atoms with van der Waals surface area (Å²) in [6.45, 7) is 0.607. The molecular weight excluding hydrogens is 300 g/mol. The first-order valence-electron chi connectivity index (χ1n) is 6.03. The maximum Gasteiger partial charge on any atom is 0.138 e. The zero-order chi connectivity index (χ0) is 14.7. The van der Waals surface area contributed by atoms with Gasteiger partial charge in [0.25, 0.3) is 0 Å². The van der Waals surface area contributed by atoms with Crippen molar-refractivity contribution >= 4 is 23.2 Å². The van der Waals surface area contributed by atoms with Crippen molar-refractivity contribution in [3.63, 3.8) is 0 Å². The molecule has 0 aliphatic heterocycles. The molecule has 20 heavy (non-hydrogen) atoms. The van der Waals surface area contributed by atoms with E-state index < -0.39 is 0 Å². The summed E-state index contributed by atoms with van der Waals surface area (Å²) in [5, 5.41) is 3.95. The average molecular weight is 314 g/mol. The molecule has 106 valence electrons. The molecule has 0 unspecified atom stereocenters. The topological polar surface area (TPSA) is 21.3 Å². The molecule has 0 amide bonds. The number of rotatable bonds is 4. The molecular formula is C15H14Cl2FNO. The van der Waals surface area contributed by atoms with Crippen LogP contribution in [0.15, 0.2) is 30.3 Å². The molecule has 0 saturated carbocycles. The number of hydrogen-bond acceptors (Lipinski definition) is 2. The summed E-state index contributed by atoms with van der Waals surface area (Å²) < 4.78 is 18.6. The fraction of sp³-hybridized carbons (Fsp3) is 0.200. The Hall–Kier alpha value is -1.29. The van der Waals surface area contributed by atoms with Crippen molar-refractivity contribution in [1.29, 1.82) is 0 Å². The monoisotopic (exact) mass is 313 g/mol. The Morgan fingerprint density at radius 2 is 1.85 bits per heavy atom. The van der Waals surface area contributed by atoms with Crippen LogP contribution >= 0.6 is 23.2 Å². The number of nitrogens with one attached hydrogen (secondary N) is 1. The van der Waals surface area contributed by atoms with E-state index in [0.29, 0.717) is 33.5 Å². The highest BCUT2D eigenvalue weighted by Gasteiger charge is 2.13. The minimum Gasteiger partial charge on any atom is -0.495 e. The van der Waals surface area contributed by atoms with Crippen LogP contribution in [0.4, 0.5) is 4.39 Å². The van der Waals surface area contributed by atoms with Crippen LogP contribution in [-0.2, 0) is 6.54 Å². The average Bonchev–Trinajstić information content (AvgIpc) is 2.43. The predicted molar refractivity (Wildman–Crippen MR) is 81.2 cm³/mol. The van der Waals surface area contributed by atoms with E-state index >= 15 is 0 Å². The van der Waals surface area contributed by atoms with Crippen LogP contribution in [0, 0.1) is 5.82 Å². The van der Waals surface area contributed by atoms with Gasteiger partial charge in [-0.1, -0.05) is 29.3 Å². The van der Waals surface area contributed by atoms with E-state index in [-0.39, 0.29) is 5.82 Å². The number of hydrogen-bond donors (Lipinski definition) is 1. The van der Waals surface area contributed by atoms with E-state index in [1.165, 1.54) is 19.2 Å². The van der Waals surface area contributed by atoms with Crippen molar-refractivity contribution in [1.82, 2.24) is 5.32 Å². The fourth-order valence-electron chi connectivity index (χ4n) is 2.04. The van der Waals surface area contributed by atoms with E-state index in [0.717, 1.165) is 5.56 Å². The first-order chi connectivity index (χ1) is 9.56. The molecule has 5 heteroatoms. The van der Waals surface area contributed by atoms with Crippen LogP contribution in [0.5, 0.6) is 5.75 Å². The van der Waals surface area contributed by atoms with E-state index in [9.17, 15) is 4.39 Å². The molecule has 2 rings (SSSR count). The van der Waals surface area contributed by atoms with Gasteiger partial charge in [0.05, 0.1) is 17.2 Å². The van der Waals surface area contributed by atoms with Gasteiger partial charge in [0.2, 0.25) is 0 Å². The van der Waals surface area contributed by atoms with Crippen molar-refractivity contribution in [2.75, 3.05) is 14.2 Å². The maximum absolute atomic E-state index is 13.5. The van der Waals surface area contributed by atoms with Crippen molar-refractivity contribution in [2.24, 2.45) is 0 Å². The highest BCUT2D eigenvalue weighted by molar-refractivity contribution is 6.36. The molecule has 0 bridgehead atoms. The highest BCUT2D eigenvalue weighted by Crippen LogP contribution is 2.38. The zero-order valence-corrected chi connectivity index (χ0v) is 12.6. The van der Waals surface area contributed by atoms with Gasteiger partial charge in [-0.3, -0.25) is 0 Å². The Morgan fingerprint density at radius 1 is 1.10 bits per heavy atom. The second-order valence-electron chi connectivity index (χ2n) is 4.30. The van der Waals surface area contributed by atoms with Crippen LogP contribution in [0.3, 0.4) is 0 Å². The Bertz CT molecular complexity index is 632. The lowest BCUT2D eigenvalue weighted by molar-refractivity contribution is 0.415. The minimum absolute atomic E-state index is 0.317. The number of halogens is 3. The Morgan fingerprint density at radius 3 is 2.50 bits per heavy atom. The second kappa shape index (κ2) is 6.44. The molecule has 0 atom stereocenters. The fourth-order valence-corrected chi connectivity index (χ4v) is 2.53. The van der Waals surface area contributed by atoms with Gasteiger partial charge in [0.1, 0.15) is 11.6 Å². The van der Waals surface area contributed by atoms with Crippen LogP contribution in [0.1, 0.15) is 5.56 Å². The van der Waals surface area contributed by atoms with Gasteiger partial charge in [0, 0.05) is 18.2 Å². The number of ether oxygens (including phenoxy) is 1. The molecule has 0 spiro atoms. The molecule has 2 nitrogen and oxygen atoms in total. The Labute approximate surface area is 127 Å². The molecule has 0 aromatic heterocycles. The van der Waals surface area contributed by atoms with Crippen molar-refractivity contribution in [2.45, 2.75) is 6.54 Å². The smallest absolute Gasteiger partial charge is 0.138 e. The molecule has 2 aromatic carbocycles. The van der Waals surface area contributed by atoms with Crippen molar-refractivity contribution in [3.05, 3.63) is 51.8 Å². The van der Waals surface area contributed by atoms with Gasteiger partial charge in [-0.05, 0) is 36.4 Å². The highest BCUT2D eigenvalue weighted by atomic mass is 35.5. The third-order valence-electron chi connectivity index (χ3n) is 2.97. The first kappa shape index (κ1) is 15.1. The first-order valence-corrected chi connectivity index (χ1v) is 6.79. The summed E-state index contributed by atoms with van der Waals surface area (Å²) in [6, 6.07) is 7.94. The summed E-state index contributed by atoms with van der Waals surface area (Å²) in [4.78, 5) is 0. The van der Waals surface area contributed by atoms with Gasteiger partial charge in [-0.25, -0.2) is 4.39 Å². The van der Waals surface area contributed by atoms with Crippen LogP contribution in [0.2, 0.25) is 10.0 Å². The summed E-state index contributed by atoms with van der Waals surface area (Å²) in [6.07, 6.45) is 0. The quantitative estimate of drug-likeness (QED) is 0.895. The summed E-state index contributed by atoms with van der Waals surface area (Å²) in [7, 11) is 3.35. The molecule has 1 N–H and O–H groups in total. The maximum atomic E-state index is 13.5. The van der Waals surface area contributed by atoms with Crippen LogP contribution in [0.25, 0.3) is 11.1 Å². The van der Waals surface area contributed by atoms with Gasteiger partial charge in [-0.15, -0.1) is 0 Å². The minimum atomic E-state index is -0.317. The molecule has 0 aliphatic carbocycles. The molecule has 0 fully saturated rings. The third-order valence-corrected chi connectivity index (χ3v) is 3.58. The normalized spacial score (nSPS) is 10.7. The number of methoxy groups -OCH3 is 1. The Kier molecular flexibility index (Phi) is 4.86. The predicted octanol–water partition coefficient (Wildman–Crippen LogP) is 4.53. The van der Waals surface area contributed by atoms with Crippen molar-refractivity contribution in [3.8, 4) is 16.9 Å². The lowest BCUT2D eigenvalue weighted by Gasteiger charge is -2.13. The lowest BCUT2D eigenvalue weighted by Crippen LogP contribution is -2.06. The van der Waals surface area contributed by atoms with E-state index in [2.05, 4.69) is 5.32 Å². The van der Waals surface area contributed by atoms with Gasteiger partial charge in [0.15, 0.2) is 0 Å².